The van der Waals surface area contributed by atoms with E-state index in [0.29, 0.717) is 0 Å². The Bertz CT molecular complexity index is 519. The van der Waals surface area contributed by atoms with E-state index in [-0.39, 0.29) is 5.60 Å². The van der Waals surface area contributed by atoms with Crippen molar-refractivity contribution in [1.82, 2.24) is 9.88 Å². The van der Waals surface area contributed by atoms with Crippen molar-refractivity contribution in [1.29, 1.82) is 0 Å². The molecule has 0 saturated carbocycles. The van der Waals surface area contributed by atoms with E-state index >= 15 is 0 Å². The van der Waals surface area contributed by atoms with Crippen LogP contribution in [-0.4, -0.2) is 42.3 Å². The van der Waals surface area contributed by atoms with Gasteiger partial charge in [0.05, 0.1) is 19.3 Å². The van der Waals surface area contributed by atoms with Gasteiger partial charge in [-0.2, -0.15) is 0 Å². The van der Waals surface area contributed by atoms with Gasteiger partial charge in [0.1, 0.15) is 0 Å². The molecule has 0 aromatic carbocycles. The zero-order chi connectivity index (χ0) is 14.7. The fourth-order valence-corrected chi connectivity index (χ4v) is 3.33. The summed E-state index contributed by atoms with van der Waals surface area (Å²) in [4.78, 5) is 6.74. The Morgan fingerprint density at radius 3 is 2.90 bits per heavy atom. The number of hydrogen-bond acceptors (Lipinski definition) is 4. The molecule has 2 aliphatic heterocycles. The van der Waals surface area contributed by atoms with Crippen LogP contribution in [0.1, 0.15) is 31.7 Å². The molecule has 1 spiro atoms. The first-order chi connectivity index (χ1) is 10.2. The Balaban J connectivity index is 1.62. The molecule has 4 heteroatoms. The molecule has 4 nitrogen and oxygen atoms in total. The lowest BCUT2D eigenvalue weighted by Crippen LogP contribution is -2.46. The van der Waals surface area contributed by atoms with Crippen LogP contribution in [0.25, 0.3) is 0 Å². The maximum atomic E-state index is 6.08. The summed E-state index contributed by atoms with van der Waals surface area (Å²) in [6, 6.07) is 4.07. The molecule has 0 N–H and O–H groups in total. The number of aromatic nitrogens is 1. The van der Waals surface area contributed by atoms with Crippen LogP contribution in [0.15, 0.2) is 30.0 Å². The van der Waals surface area contributed by atoms with Crippen LogP contribution in [0, 0.1) is 0 Å². The summed E-state index contributed by atoms with van der Waals surface area (Å²) in [6.07, 6.45) is 7.37. The summed E-state index contributed by atoms with van der Waals surface area (Å²) < 4.78 is 11.4. The minimum absolute atomic E-state index is 0.00213. The monoisotopic (exact) mass is 288 g/mol. The van der Waals surface area contributed by atoms with Crippen LogP contribution in [-0.2, 0) is 11.3 Å². The predicted octanol–water partition coefficient (Wildman–Crippen LogP) is 2.79. The van der Waals surface area contributed by atoms with Gasteiger partial charge in [-0.1, -0.05) is 17.7 Å². The molecule has 3 heterocycles. The number of methoxy groups -OCH3 is 1. The van der Waals surface area contributed by atoms with E-state index in [1.165, 1.54) is 5.57 Å². The number of likely N-dealkylation sites (tertiary alicyclic amines) is 1. The van der Waals surface area contributed by atoms with Crippen molar-refractivity contribution in [3.8, 4) is 5.88 Å². The number of piperidine rings is 1. The molecule has 3 rings (SSSR count). The van der Waals surface area contributed by atoms with E-state index in [0.717, 1.165) is 56.9 Å². The van der Waals surface area contributed by atoms with Gasteiger partial charge in [-0.25, -0.2) is 4.98 Å². The minimum Gasteiger partial charge on any atom is -0.481 e. The van der Waals surface area contributed by atoms with Gasteiger partial charge in [-0.3, -0.25) is 4.90 Å². The van der Waals surface area contributed by atoms with Crippen LogP contribution < -0.4 is 4.74 Å². The maximum absolute atomic E-state index is 6.08. The number of rotatable bonds is 3. The number of hydrogen-bond donors (Lipinski definition) is 0. The van der Waals surface area contributed by atoms with Crippen LogP contribution in [0.5, 0.6) is 5.88 Å². The molecule has 1 saturated heterocycles. The Morgan fingerprint density at radius 2 is 2.19 bits per heavy atom. The van der Waals surface area contributed by atoms with Crippen LogP contribution >= 0.6 is 0 Å². The summed E-state index contributed by atoms with van der Waals surface area (Å²) in [5.41, 5.74) is 2.63. The first kappa shape index (κ1) is 14.5. The lowest BCUT2D eigenvalue weighted by atomic mass is 9.87. The van der Waals surface area contributed by atoms with Crippen molar-refractivity contribution in [3.05, 3.63) is 35.5 Å². The van der Waals surface area contributed by atoms with E-state index in [2.05, 4.69) is 29.0 Å². The topological polar surface area (TPSA) is 34.6 Å². The van der Waals surface area contributed by atoms with Gasteiger partial charge in [0.25, 0.3) is 0 Å². The molecule has 2 aliphatic rings. The summed E-state index contributed by atoms with van der Waals surface area (Å²) >= 11 is 0. The Kier molecular flexibility index (Phi) is 4.27. The standard InChI is InChI=1S/C17H24N2O2/c1-14-5-11-21-17(12-14)6-9-19(10-7-17)13-15-4-3-8-18-16(15)20-2/h3-4,8,12H,5-7,9-11,13H2,1-2H3. The van der Waals surface area contributed by atoms with Crippen molar-refractivity contribution in [3.63, 3.8) is 0 Å². The number of ether oxygens (including phenoxy) is 2. The number of nitrogens with zero attached hydrogens (tertiary/aromatic N) is 2. The second kappa shape index (κ2) is 6.16. The normalized spacial score (nSPS) is 22.1. The Morgan fingerprint density at radius 1 is 1.38 bits per heavy atom. The second-order valence-corrected chi connectivity index (χ2v) is 6.10. The molecule has 21 heavy (non-hydrogen) atoms. The Labute approximate surface area is 126 Å². The third-order valence-corrected chi connectivity index (χ3v) is 4.54. The quantitative estimate of drug-likeness (QED) is 0.801. The van der Waals surface area contributed by atoms with Crippen molar-refractivity contribution >= 4 is 0 Å². The highest BCUT2D eigenvalue weighted by Gasteiger charge is 2.35. The van der Waals surface area contributed by atoms with E-state index in [9.17, 15) is 0 Å². The first-order valence-electron chi connectivity index (χ1n) is 7.73. The van der Waals surface area contributed by atoms with Crippen molar-refractivity contribution in [2.45, 2.75) is 38.3 Å². The molecular formula is C17H24N2O2. The van der Waals surface area contributed by atoms with Crippen LogP contribution in [0.2, 0.25) is 0 Å². The highest BCUT2D eigenvalue weighted by atomic mass is 16.5. The summed E-state index contributed by atoms with van der Waals surface area (Å²) in [5.74, 6) is 0.738. The maximum Gasteiger partial charge on any atom is 0.217 e. The van der Waals surface area contributed by atoms with Crippen molar-refractivity contribution in [2.75, 3.05) is 26.8 Å². The lowest BCUT2D eigenvalue weighted by molar-refractivity contribution is -0.0577. The largest absolute Gasteiger partial charge is 0.481 e. The third-order valence-electron chi connectivity index (χ3n) is 4.54. The summed E-state index contributed by atoms with van der Waals surface area (Å²) in [7, 11) is 1.68. The average Bonchev–Trinajstić information content (AvgIpc) is 2.50. The first-order valence-corrected chi connectivity index (χ1v) is 7.73. The molecule has 1 fully saturated rings. The highest BCUT2D eigenvalue weighted by molar-refractivity contribution is 5.25. The SMILES string of the molecule is COc1ncccc1CN1CCC2(C=C(C)CCO2)CC1. The van der Waals surface area contributed by atoms with E-state index < -0.39 is 0 Å². The fourth-order valence-electron chi connectivity index (χ4n) is 3.33. The van der Waals surface area contributed by atoms with E-state index in [1.807, 2.05) is 6.07 Å². The molecule has 0 amide bonds. The zero-order valence-corrected chi connectivity index (χ0v) is 13.0. The van der Waals surface area contributed by atoms with Crippen LogP contribution in [0.3, 0.4) is 0 Å². The zero-order valence-electron chi connectivity index (χ0n) is 13.0. The average molecular weight is 288 g/mol. The lowest BCUT2D eigenvalue weighted by Gasteiger charge is -2.42. The van der Waals surface area contributed by atoms with Gasteiger partial charge in [-0.05, 0) is 32.3 Å². The predicted molar refractivity (Wildman–Crippen MR) is 82.4 cm³/mol. The molecule has 0 atom stereocenters. The molecule has 0 aliphatic carbocycles. The van der Waals surface area contributed by atoms with Gasteiger partial charge in [-0.15, -0.1) is 0 Å². The summed E-state index contributed by atoms with van der Waals surface area (Å²) in [5, 5.41) is 0. The third kappa shape index (κ3) is 3.27. The van der Waals surface area contributed by atoms with Gasteiger partial charge in [0, 0.05) is 31.4 Å². The molecule has 0 unspecified atom stereocenters. The van der Waals surface area contributed by atoms with E-state index in [4.69, 9.17) is 9.47 Å². The van der Waals surface area contributed by atoms with Crippen molar-refractivity contribution in [2.24, 2.45) is 0 Å². The summed E-state index contributed by atoms with van der Waals surface area (Å²) in [6.45, 7) is 6.11. The minimum atomic E-state index is -0.00213. The van der Waals surface area contributed by atoms with Gasteiger partial charge in [0.2, 0.25) is 5.88 Å². The highest BCUT2D eigenvalue weighted by Crippen LogP contribution is 2.33. The van der Waals surface area contributed by atoms with Crippen LogP contribution in [0.4, 0.5) is 0 Å². The van der Waals surface area contributed by atoms with Gasteiger partial charge in [0.15, 0.2) is 0 Å². The number of pyridine rings is 1. The fraction of sp³-hybridized carbons (Fsp3) is 0.588. The van der Waals surface area contributed by atoms with Gasteiger partial charge < -0.3 is 9.47 Å². The van der Waals surface area contributed by atoms with Gasteiger partial charge >= 0.3 is 0 Å². The molecular weight excluding hydrogens is 264 g/mol. The molecule has 1 aromatic rings. The Hall–Kier alpha value is -1.39. The molecule has 0 bridgehead atoms. The molecule has 0 radical (unpaired) electrons. The van der Waals surface area contributed by atoms with E-state index in [1.54, 1.807) is 13.3 Å². The molecule has 114 valence electrons. The molecule has 1 aromatic heterocycles. The second-order valence-electron chi connectivity index (χ2n) is 6.10. The smallest absolute Gasteiger partial charge is 0.217 e. The van der Waals surface area contributed by atoms with Crippen molar-refractivity contribution < 1.29 is 9.47 Å².